The molecule has 2 fully saturated rings. The summed E-state index contributed by atoms with van der Waals surface area (Å²) in [4.78, 5) is 27.2. The lowest BCUT2D eigenvalue weighted by molar-refractivity contribution is -0.157. The first kappa shape index (κ1) is 16.3. The van der Waals surface area contributed by atoms with Crippen molar-refractivity contribution in [2.24, 2.45) is 11.8 Å². The van der Waals surface area contributed by atoms with Crippen LogP contribution in [0.15, 0.2) is 0 Å². The van der Waals surface area contributed by atoms with Gasteiger partial charge in [0.15, 0.2) is 0 Å². The highest BCUT2D eigenvalue weighted by Gasteiger charge is 2.48. The fourth-order valence-electron chi connectivity index (χ4n) is 3.51. The quantitative estimate of drug-likeness (QED) is 0.866. The monoisotopic (exact) mass is 294 g/mol. The summed E-state index contributed by atoms with van der Waals surface area (Å²) in [7, 11) is 0. The molecule has 2 aliphatic rings. The molecule has 0 spiro atoms. The highest BCUT2D eigenvalue weighted by molar-refractivity contribution is 5.99. The smallest absolute Gasteiger partial charge is 0.246 e. The van der Waals surface area contributed by atoms with Crippen LogP contribution in [0.1, 0.15) is 66.2 Å². The number of hydrogen-bond donors (Lipinski definition) is 1. The number of carbonyl (C=O) groups is 2. The van der Waals surface area contributed by atoms with E-state index in [4.69, 9.17) is 0 Å². The molecule has 0 aromatic heterocycles. The average molecular weight is 294 g/mol. The van der Waals surface area contributed by atoms with Gasteiger partial charge in [0.1, 0.15) is 11.6 Å². The highest BCUT2D eigenvalue weighted by atomic mass is 16.2. The van der Waals surface area contributed by atoms with E-state index in [1.54, 1.807) is 0 Å². The SMILES string of the molecule is CC(C)CCN1C(=O)C(C2CCCCC2)NC(=O)C1(C)C. The van der Waals surface area contributed by atoms with Crippen molar-refractivity contribution in [3.63, 3.8) is 0 Å². The molecule has 1 aliphatic carbocycles. The van der Waals surface area contributed by atoms with Gasteiger partial charge in [0.2, 0.25) is 11.8 Å². The maximum Gasteiger partial charge on any atom is 0.246 e. The summed E-state index contributed by atoms with van der Waals surface area (Å²) in [5, 5.41) is 3.01. The summed E-state index contributed by atoms with van der Waals surface area (Å²) >= 11 is 0. The van der Waals surface area contributed by atoms with Gasteiger partial charge in [0.05, 0.1) is 0 Å². The van der Waals surface area contributed by atoms with Crippen molar-refractivity contribution < 1.29 is 9.59 Å². The van der Waals surface area contributed by atoms with Crippen LogP contribution in [0.4, 0.5) is 0 Å². The molecule has 21 heavy (non-hydrogen) atoms. The van der Waals surface area contributed by atoms with Crippen molar-refractivity contribution in [2.75, 3.05) is 6.54 Å². The highest BCUT2D eigenvalue weighted by Crippen LogP contribution is 2.31. The van der Waals surface area contributed by atoms with E-state index in [0.717, 1.165) is 19.3 Å². The standard InChI is InChI=1S/C17H30N2O2/c1-12(2)10-11-19-15(20)14(13-8-6-5-7-9-13)18-16(21)17(19,3)4/h12-14H,5-11H2,1-4H3,(H,18,21). The second-order valence-electron chi connectivity index (χ2n) is 7.58. The van der Waals surface area contributed by atoms with Crippen molar-refractivity contribution >= 4 is 11.8 Å². The van der Waals surface area contributed by atoms with E-state index in [2.05, 4.69) is 19.2 Å². The Balaban J connectivity index is 2.14. The van der Waals surface area contributed by atoms with E-state index in [0.29, 0.717) is 18.4 Å². The lowest BCUT2D eigenvalue weighted by Gasteiger charge is -2.47. The van der Waals surface area contributed by atoms with Crippen LogP contribution in [0.5, 0.6) is 0 Å². The first-order valence-electron chi connectivity index (χ1n) is 8.46. The predicted octanol–water partition coefficient (Wildman–Crippen LogP) is 2.72. The zero-order valence-corrected chi connectivity index (χ0v) is 13.9. The molecule has 0 aromatic carbocycles. The van der Waals surface area contributed by atoms with Crippen molar-refractivity contribution in [2.45, 2.75) is 77.8 Å². The van der Waals surface area contributed by atoms with Gasteiger partial charge < -0.3 is 10.2 Å². The van der Waals surface area contributed by atoms with Gasteiger partial charge in [0, 0.05) is 6.54 Å². The van der Waals surface area contributed by atoms with Crippen LogP contribution in [-0.4, -0.2) is 34.8 Å². The maximum atomic E-state index is 12.9. The molecule has 4 nitrogen and oxygen atoms in total. The van der Waals surface area contributed by atoms with Gasteiger partial charge in [-0.15, -0.1) is 0 Å². The summed E-state index contributed by atoms with van der Waals surface area (Å²) in [5.74, 6) is 0.994. The summed E-state index contributed by atoms with van der Waals surface area (Å²) in [6.45, 7) is 8.70. The Morgan fingerprint density at radius 1 is 1.19 bits per heavy atom. The molecule has 0 radical (unpaired) electrons. The molecule has 2 amide bonds. The third kappa shape index (κ3) is 3.41. The van der Waals surface area contributed by atoms with Crippen LogP contribution < -0.4 is 5.32 Å². The number of amides is 2. The van der Waals surface area contributed by atoms with E-state index in [-0.39, 0.29) is 17.9 Å². The Morgan fingerprint density at radius 2 is 1.81 bits per heavy atom. The largest absolute Gasteiger partial charge is 0.342 e. The topological polar surface area (TPSA) is 49.4 Å². The maximum absolute atomic E-state index is 12.9. The third-order valence-electron chi connectivity index (χ3n) is 5.10. The normalized spacial score (nSPS) is 27.1. The minimum absolute atomic E-state index is 0.00132. The van der Waals surface area contributed by atoms with Crippen LogP contribution in [0.25, 0.3) is 0 Å². The Bertz CT molecular complexity index is 398. The average Bonchev–Trinajstić information content (AvgIpc) is 2.43. The summed E-state index contributed by atoms with van der Waals surface area (Å²) in [6.07, 6.45) is 6.69. The number of hydrogen-bond acceptors (Lipinski definition) is 2. The van der Waals surface area contributed by atoms with Gasteiger partial charge >= 0.3 is 0 Å². The summed E-state index contributed by atoms with van der Waals surface area (Å²) in [5.41, 5.74) is -0.725. The summed E-state index contributed by atoms with van der Waals surface area (Å²) in [6, 6.07) is -0.294. The van der Waals surface area contributed by atoms with Crippen molar-refractivity contribution in [1.29, 1.82) is 0 Å². The Labute approximate surface area is 128 Å². The number of nitrogens with zero attached hydrogens (tertiary/aromatic N) is 1. The zero-order valence-electron chi connectivity index (χ0n) is 13.9. The molecule has 120 valence electrons. The predicted molar refractivity (Wildman–Crippen MR) is 83.8 cm³/mol. The van der Waals surface area contributed by atoms with Gasteiger partial charge in [-0.05, 0) is 44.9 Å². The van der Waals surface area contributed by atoms with Gasteiger partial charge in [-0.2, -0.15) is 0 Å². The molecule has 1 saturated carbocycles. The van der Waals surface area contributed by atoms with Crippen molar-refractivity contribution in [3.8, 4) is 0 Å². The van der Waals surface area contributed by atoms with Gasteiger partial charge in [-0.1, -0.05) is 33.1 Å². The zero-order chi connectivity index (χ0) is 15.6. The fraction of sp³-hybridized carbons (Fsp3) is 0.882. The fourth-order valence-corrected chi connectivity index (χ4v) is 3.51. The Kier molecular flexibility index (Phi) is 4.95. The second-order valence-corrected chi connectivity index (χ2v) is 7.58. The number of nitrogens with one attached hydrogen (secondary N) is 1. The van der Waals surface area contributed by atoms with Crippen LogP contribution >= 0.6 is 0 Å². The number of piperazine rings is 1. The van der Waals surface area contributed by atoms with E-state index < -0.39 is 5.54 Å². The molecule has 1 aliphatic heterocycles. The van der Waals surface area contributed by atoms with Crippen LogP contribution in [-0.2, 0) is 9.59 Å². The lowest BCUT2D eigenvalue weighted by Crippen LogP contribution is -2.70. The molecule has 0 aromatic rings. The van der Waals surface area contributed by atoms with Gasteiger partial charge in [0.25, 0.3) is 0 Å². The molecule has 0 bridgehead atoms. The van der Waals surface area contributed by atoms with Crippen molar-refractivity contribution in [1.82, 2.24) is 10.2 Å². The van der Waals surface area contributed by atoms with E-state index in [1.165, 1.54) is 19.3 Å². The molecule has 1 saturated heterocycles. The minimum atomic E-state index is -0.725. The minimum Gasteiger partial charge on any atom is -0.342 e. The Hall–Kier alpha value is -1.06. The van der Waals surface area contributed by atoms with E-state index >= 15 is 0 Å². The second kappa shape index (κ2) is 6.37. The van der Waals surface area contributed by atoms with Crippen molar-refractivity contribution in [3.05, 3.63) is 0 Å². The molecule has 1 unspecified atom stereocenters. The number of carbonyl (C=O) groups excluding carboxylic acids is 2. The Morgan fingerprint density at radius 3 is 2.38 bits per heavy atom. The molecule has 2 rings (SSSR count). The molecule has 1 N–H and O–H groups in total. The first-order chi connectivity index (χ1) is 9.84. The molecular formula is C17H30N2O2. The van der Waals surface area contributed by atoms with Gasteiger partial charge in [-0.25, -0.2) is 0 Å². The molecule has 1 heterocycles. The van der Waals surface area contributed by atoms with Gasteiger partial charge in [-0.3, -0.25) is 9.59 Å². The molecule has 1 atom stereocenters. The van der Waals surface area contributed by atoms with E-state index in [9.17, 15) is 9.59 Å². The summed E-state index contributed by atoms with van der Waals surface area (Å²) < 4.78 is 0. The lowest BCUT2D eigenvalue weighted by atomic mass is 9.80. The van der Waals surface area contributed by atoms with E-state index in [1.807, 2.05) is 18.7 Å². The molecule has 4 heteroatoms. The molecular weight excluding hydrogens is 264 g/mol. The first-order valence-corrected chi connectivity index (χ1v) is 8.46. The third-order valence-corrected chi connectivity index (χ3v) is 5.10. The van der Waals surface area contributed by atoms with Crippen LogP contribution in [0.3, 0.4) is 0 Å². The van der Waals surface area contributed by atoms with Crippen LogP contribution in [0, 0.1) is 11.8 Å². The van der Waals surface area contributed by atoms with Crippen LogP contribution in [0.2, 0.25) is 0 Å². The number of rotatable bonds is 4.